The summed E-state index contributed by atoms with van der Waals surface area (Å²) in [4.78, 5) is 11.6. The summed E-state index contributed by atoms with van der Waals surface area (Å²) in [5.41, 5.74) is 0.0824. The number of nitrogens with zero attached hydrogens (tertiary/aromatic N) is 2. The van der Waals surface area contributed by atoms with Gasteiger partial charge in [-0.1, -0.05) is 12.8 Å². The average Bonchev–Trinajstić information content (AvgIpc) is 3.00. The molecule has 3 heteroatoms. The molecule has 0 spiro atoms. The van der Waals surface area contributed by atoms with E-state index in [0.29, 0.717) is 0 Å². The van der Waals surface area contributed by atoms with Crippen LogP contribution < -0.4 is 5.56 Å². The minimum absolute atomic E-state index is 0.157. The van der Waals surface area contributed by atoms with Gasteiger partial charge < -0.3 is 4.57 Å². The van der Waals surface area contributed by atoms with E-state index in [9.17, 15) is 4.79 Å². The van der Waals surface area contributed by atoms with Crippen LogP contribution in [0.4, 0.5) is 0 Å². The van der Waals surface area contributed by atoms with E-state index >= 15 is 0 Å². The quantitative estimate of drug-likeness (QED) is 0.722. The van der Waals surface area contributed by atoms with E-state index in [0.717, 1.165) is 18.9 Å². The molecule has 0 saturated heterocycles. The largest absolute Gasteiger partial charge is 0.314 e. The molecule has 0 unspecified atom stereocenters. The van der Waals surface area contributed by atoms with Crippen molar-refractivity contribution in [3.63, 3.8) is 0 Å². The van der Waals surface area contributed by atoms with Crippen molar-refractivity contribution < 1.29 is 0 Å². The summed E-state index contributed by atoms with van der Waals surface area (Å²) in [6, 6.07) is 5.23. The van der Waals surface area contributed by atoms with Crippen molar-refractivity contribution in [2.24, 2.45) is 5.92 Å². The third-order valence-electron chi connectivity index (χ3n) is 2.62. The van der Waals surface area contributed by atoms with Gasteiger partial charge in [0, 0.05) is 12.7 Å². The van der Waals surface area contributed by atoms with E-state index in [2.05, 4.69) is 0 Å². The summed E-state index contributed by atoms with van der Waals surface area (Å²) in [5.74, 6) is 0.813. The molecule has 14 heavy (non-hydrogen) atoms. The molecular formula is C11H12N2O. The summed E-state index contributed by atoms with van der Waals surface area (Å²) in [6.45, 7) is 0.749. The standard InChI is InChI=1S/C11H12N2O/c12-8-10-2-1-6-13(11(10)14)7-5-9-3-4-9/h1-2,6,9H,3-5,7H2. The number of rotatable bonds is 3. The molecule has 3 nitrogen and oxygen atoms in total. The first kappa shape index (κ1) is 9.01. The van der Waals surface area contributed by atoms with Gasteiger partial charge >= 0.3 is 0 Å². The number of aryl methyl sites for hydroxylation is 1. The summed E-state index contributed by atoms with van der Waals surface area (Å²) >= 11 is 0. The van der Waals surface area contributed by atoms with E-state index in [4.69, 9.17) is 5.26 Å². The zero-order valence-electron chi connectivity index (χ0n) is 7.94. The minimum Gasteiger partial charge on any atom is -0.314 e. The zero-order valence-corrected chi connectivity index (χ0v) is 7.94. The highest BCUT2D eigenvalue weighted by Gasteiger charge is 2.20. The van der Waals surface area contributed by atoms with Gasteiger partial charge in [-0.25, -0.2) is 0 Å². The molecule has 0 atom stereocenters. The summed E-state index contributed by atoms with van der Waals surface area (Å²) in [6.07, 6.45) is 5.42. The molecule has 0 N–H and O–H groups in total. The molecule has 0 amide bonds. The predicted octanol–water partition coefficient (Wildman–Crippen LogP) is 1.52. The van der Waals surface area contributed by atoms with Crippen molar-refractivity contribution in [1.29, 1.82) is 5.26 Å². The molecule has 1 aliphatic carbocycles. The lowest BCUT2D eigenvalue weighted by molar-refractivity contribution is 0.580. The van der Waals surface area contributed by atoms with Gasteiger partial charge in [0.25, 0.3) is 5.56 Å². The van der Waals surface area contributed by atoms with E-state index < -0.39 is 0 Å². The molecule has 1 fully saturated rings. The van der Waals surface area contributed by atoms with Crippen LogP contribution in [-0.4, -0.2) is 4.57 Å². The topological polar surface area (TPSA) is 45.8 Å². The maximum absolute atomic E-state index is 11.6. The minimum atomic E-state index is -0.157. The van der Waals surface area contributed by atoms with E-state index in [1.54, 1.807) is 22.9 Å². The van der Waals surface area contributed by atoms with Gasteiger partial charge in [0.2, 0.25) is 0 Å². The Morgan fingerprint density at radius 1 is 1.57 bits per heavy atom. The Labute approximate surface area is 82.6 Å². The van der Waals surface area contributed by atoms with Crippen LogP contribution in [0.5, 0.6) is 0 Å². The van der Waals surface area contributed by atoms with Gasteiger partial charge in [0.15, 0.2) is 0 Å². The van der Waals surface area contributed by atoms with Crippen molar-refractivity contribution in [2.45, 2.75) is 25.8 Å². The molecule has 72 valence electrons. The Morgan fingerprint density at radius 2 is 2.36 bits per heavy atom. The van der Waals surface area contributed by atoms with E-state index in [1.165, 1.54) is 12.8 Å². The molecule has 1 aromatic heterocycles. The van der Waals surface area contributed by atoms with Crippen LogP contribution in [0.1, 0.15) is 24.8 Å². The first-order valence-electron chi connectivity index (χ1n) is 4.91. The monoisotopic (exact) mass is 188 g/mol. The van der Waals surface area contributed by atoms with Crippen LogP contribution in [-0.2, 0) is 6.54 Å². The van der Waals surface area contributed by atoms with Crippen LogP contribution in [0.15, 0.2) is 23.1 Å². The lowest BCUT2D eigenvalue weighted by atomic mass is 10.2. The second-order valence-electron chi connectivity index (χ2n) is 3.76. The second kappa shape index (κ2) is 3.67. The lowest BCUT2D eigenvalue weighted by Gasteiger charge is -2.03. The normalized spacial score (nSPS) is 15.1. The van der Waals surface area contributed by atoms with E-state index in [1.807, 2.05) is 6.07 Å². The maximum Gasteiger partial charge on any atom is 0.268 e. The molecule has 1 saturated carbocycles. The van der Waals surface area contributed by atoms with Crippen LogP contribution in [0, 0.1) is 17.2 Å². The van der Waals surface area contributed by atoms with Crippen LogP contribution in [0.2, 0.25) is 0 Å². The fourth-order valence-corrected chi connectivity index (χ4v) is 1.53. The molecule has 1 aliphatic rings. The van der Waals surface area contributed by atoms with Crippen molar-refractivity contribution in [1.82, 2.24) is 4.57 Å². The average molecular weight is 188 g/mol. The first-order valence-corrected chi connectivity index (χ1v) is 4.91. The van der Waals surface area contributed by atoms with Gasteiger partial charge in [-0.3, -0.25) is 4.79 Å². The van der Waals surface area contributed by atoms with Crippen LogP contribution >= 0.6 is 0 Å². The number of nitriles is 1. The Hall–Kier alpha value is -1.56. The summed E-state index contributed by atoms with van der Waals surface area (Å²) in [5, 5.41) is 8.67. The molecular weight excluding hydrogens is 176 g/mol. The smallest absolute Gasteiger partial charge is 0.268 e. The Kier molecular flexibility index (Phi) is 2.36. The van der Waals surface area contributed by atoms with Crippen LogP contribution in [0.25, 0.3) is 0 Å². The molecule has 0 aliphatic heterocycles. The van der Waals surface area contributed by atoms with E-state index in [-0.39, 0.29) is 11.1 Å². The third-order valence-corrected chi connectivity index (χ3v) is 2.62. The van der Waals surface area contributed by atoms with Crippen molar-refractivity contribution >= 4 is 0 Å². The fraction of sp³-hybridized carbons (Fsp3) is 0.455. The van der Waals surface area contributed by atoms with Crippen LogP contribution in [0.3, 0.4) is 0 Å². The highest BCUT2D eigenvalue weighted by Crippen LogP contribution is 2.32. The number of hydrogen-bond acceptors (Lipinski definition) is 2. The third kappa shape index (κ3) is 1.85. The zero-order chi connectivity index (χ0) is 9.97. The molecule has 0 aromatic carbocycles. The predicted molar refractivity (Wildman–Crippen MR) is 52.8 cm³/mol. The summed E-state index contributed by atoms with van der Waals surface area (Å²) in [7, 11) is 0. The molecule has 0 radical (unpaired) electrons. The Bertz CT molecular complexity index is 424. The van der Waals surface area contributed by atoms with Gasteiger partial charge in [0.1, 0.15) is 11.6 Å². The van der Waals surface area contributed by atoms with Crippen molar-refractivity contribution in [2.75, 3.05) is 0 Å². The SMILES string of the molecule is N#Cc1cccn(CCC2CC2)c1=O. The lowest BCUT2D eigenvalue weighted by Crippen LogP contribution is -2.21. The first-order chi connectivity index (χ1) is 6.81. The second-order valence-corrected chi connectivity index (χ2v) is 3.76. The van der Waals surface area contributed by atoms with Gasteiger partial charge in [-0.2, -0.15) is 5.26 Å². The molecule has 1 aromatic rings. The Balaban J connectivity index is 2.16. The number of hydrogen-bond donors (Lipinski definition) is 0. The fourth-order valence-electron chi connectivity index (χ4n) is 1.53. The molecule has 1 heterocycles. The molecule has 0 bridgehead atoms. The van der Waals surface area contributed by atoms with Crippen molar-refractivity contribution in [3.05, 3.63) is 34.2 Å². The van der Waals surface area contributed by atoms with Crippen molar-refractivity contribution in [3.8, 4) is 6.07 Å². The highest BCUT2D eigenvalue weighted by molar-refractivity contribution is 5.24. The molecule has 2 rings (SSSR count). The maximum atomic E-state index is 11.6. The van der Waals surface area contributed by atoms with Gasteiger partial charge in [0.05, 0.1) is 0 Å². The Morgan fingerprint density at radius 3 is 3.00 bits per heavy atom. The number of aromatic nitrogens is 1. The highest BCUT2D eigenvalue weighted by atomic mass is 16.1. The van der Waals surface area contributed by atoms with Gasteiger partial charge in [-0.05, 0) is 24.5 Å². The number of pyridine rings is 1. The van der Waals surface area contributed by atoms with Gasteiger partial charge in [-0.15, -0.1) is 0 Å². The summed E-state index contributed by atoms with van der Waals surface area (Å²) < 4.78 is 1.64.